The third-order valence-electron chi connectivity index (χ3n) is 2.91. The summed E-state index contributed by atoms with van der Waals surface area (Å²) in [6.45, 7) is 0.409. The quantitative estimate of drug-likeness (QED) is 0.262. The second kappa shape index (κ2) is 8.50. The molecule has 124 valence electrons. The summed E-state index contributed by atoms with van der Waals surface area (Å²) in [5.41, 5.74) is 5.02. The van der Waals surface area contributed by atoms with E-state index in [1.807, 2.05) is 0 Å². The molecular formula is C9H19Cl2N4O5P. The van der Waals surface area contributed by atoms with Crippen LogP contribution in [0.1, 0.15) is 0 Å². The number of carbonyl (C=O) groups is 1. The number of nitrogens with one attached hydrogen (secondary N) is 1. The van der Waals surface area contributed by atoms with Crippen molar-refractivity contribution in [1.29, 1.82) is 0 Å². The van der Waals surface area contributed by atoms with Gasteiger partial charge in [-0.15, -0.1) is 23.2 Å². The molecule has 2 amide bonds. The van der Waals surface area contributed by atoms with Crippen molar-refractivity contribution in [2.75, 3.05) is 38.6 Å². The van der Waals surface area contributed by atoms with Crippen LogP contribution < -0.4 is 10.8 Å². The van der Waals surface area contributed by atoms with E-state index in [1.165, 1.54) is 11.8 Å². The number of amides is 2. The number of alkyl halides is 2. The first-order chi connectivity index (χ1) is 9.89. The number of nitrogens with two attached hydrogens (primary N) is 1. The van der Waals surface area contributed by atoms with Gasteiger partial charge in [0.25, 0.3) is 0 Å². The molecule has 12 heteroatoms. The van der Waals surface area contributed by atoms with Crippen molar-refractivity contribution in [3.05, 3.63) is 0 Å². The highest BCUT2D eigenvalue weighted by Crippen LogP contribution is 2.50. The summed E-state index contributed by atoms with van der Waals surface area (Å²) in [6, 6.07) is -1.11. The fourth-order valence-electron chi connectivity index (χ4n) is 1.83. The number of rotatable bonds is 7. The lowest BCUT2D eigenvalue weighted by atomic mass is 10.3. The summed E-state index contributed by atoms with van der Waals surface area (Å²) in [6.07, 6.45) is -1.85. The van der Waals surface area contributed by atoms with Crippen molar-refractivity contribution in [3.8, 4) is 0 Å². The highest BCUT2D eigenvalue weighted by molar-refractivity contribution is 7.54. The third kappa shape index (κ3) is 4.67. The number of hydroxylamine groups is 2. The molecule has 0 aliphatic carbocycles. The van der Waals surface area contributed by atoms with Crippen LogP contribution in [0, 0.1) is 0 Å². The average Bonchev–Trinajstić information content (AvgIpc) is 2.46. The third-order valence-corrected chi connectivity index (χ3v) is 5.48. The lowest BCUT2D eigenvalue weighted by Gasteiger charge is -2.42. The Kier molecular flexibility index (Phi) is 7.66. The van der Waals surface area contributed by atoms with E-state index in [1.54, 1.807) is 0 Å². The smallest absolute Gasteiger partial charge is 0.345 e. The first-order valence-corrected chi connectivity index (χ1v) is 8.74. The molecule has 0 bridgehead atoms. The number of urea groups is 1. The maximum atomic E-state index is 12.8. The summed E-state index contributed by atoms with van der Waals surface area (Å²) in [5, 5.41) is 12.5. The molecule has 1 heterocycles. The van der Waals surface area contributed by atoms with Gasteiger partial charge in [0.05, 0.1) is 6.61 Å². The van der Waals surface area contributed by atoms with Gasteiger partial charge in [0, 0.05) is 32.0 Å². The van der Waals surface area contributed by atoms with Crippen molar-refractivity contribution >= 4 is 36.9 Å². The van der Waals surface area contributed by atoms with Gasteiger partial charge in [0.1, 0.15) is 12.3 Å². The van der Waals surface area contributed by atoms with Crippen LogP contribution in [0.4, 0.5) is 4.79 Å². The van der Waals surface area contributed by atoms with Crippen LogP contribution in [-0.4, -0.2) is 71.8 Å². The zero-order valence-electron chi connectivity index (χ0n) is 11.4. The Morgan fingerprint density at radius 2 is 2.10 bits per heavy atom. The van der Waals surface area contributed by atoms with Crippen molar-refractivity contribution < 1.29 is 23.8 Å². The predicted octanol–water partition coefficient (Wildman–Crippen LogP) is 0.605. The Labute approximate surface area is 132 Å². The molecule has 3 atom stereocenters. The Morgan fingerprint density at radius 3 is 2.52 bits per heavy atom. The summed E-state index contributed by atoms with van der Waals surface area (Å²) >= 11 is 11.3. The van der Waals surface area contributed by atoms with Crippen molar-refractivity contribution in [1.82, 2.24) is 14.8 Å². The largest absolute Gasteiger partial charge is 0.375 e. The van der Waals surface area contributed by atoms with Gasteiger partial charge in [-0.3, -0.25) is 9.77 Å². The van der Waals surface area contributed by atoms with Crippen molar-refractivity contribution in [2.24, 2.45) is 5.73 Å². The van der Waals surface area contributed by atoms with E-state index in [2.05, 4.69) is 5.09 Å². The van der Waals surface area contributed by atoms with E-state index >= 15 is 0 Å². The van der Waals surface area contributed by atoms with E-state index in [0.29, 0.717) is 0 Å². The Hall–Kier alpha value is -0.120. The zero-order chi connectivity index (χ0) is 16.0. The van der Waals surface area contributed by atoms with Gasteiger partial charge in [-0.2, -0.15) is 5.06 Å². The van der Waals surface area contributed by atoms with Crippen molar-refractivity contribution in [3.63, 3.8) is 0 Å². The fourth-order valence-corrected chi connectivity index (χ4v) is 4.56. The Balaban J connectivity index is 2.94. The van der Waals surface area contributed by atoms with Crippen LogP contribution in [0.5, 0.6) is 0 Å². The summed E-state index contributed by atoms with van der Waals surface area (Å²) in [7, 11) is -2.17. The lowest BCUT2D eigenvalue weighted by Crippen LogP contribution is -2.60. The number of carbonyl (C=O) groups excluding carboxylic acids is 1. The number of nitrogens with zero attached hydrogens (tertiary/aromatic N) is 2. The molecule has 1 aliphatic heterocycles. The molecule has 0 saturated carbocycles. The van der Waals surface area contributed by atoms with Gasteiger partial charge in [-0.05, 0) is 0 Å². The molecule has 0 spiro atoms. The number of hydrogen-bond donors (Lipinski definition) is 3. The maximum absolute atomic E-state index is 12.8. The molecule has 1 fully saturated rings. The Bertz CT molecular complexity index is 398. The minimum Gasteiger partial charge on any atom is -0.375 e. The van der Waals surface area contributed by atoms with Crippen LogP contribution in [0.15, 0.2) is 0 Å². The summed E-state index contributed by atoms with van der Waals surface area (Å²) < 4.78 is 24.7. The lowest BCUT2D eigenvalue weighted by molar-refractivity contribution is -0.137. The molecule has 3 unspecified atom stereocenters. The average molecular weight is 365 g/mol. The van der Waals surface area contributed by atoms with E-state index in [4.69, 9.17) is 38.2 Å². The number of methoxy groups -OCH3 is 1. The molecule has 1 rings (SSSR count). The monoisotopic (exact) mass is 364 g/mol. The van der Waals surface area contributed by atoms with Gasteiger partial charge >= 0.3 is 13.7 Å². The number of primary amides is 1. The first-order valence-electron chi connectivity index (χ1n) is 6.09. The second-order valence-corrected chi connectivity index (χ2v) is 7.06. The van der Waals surface area contributed by atoms with Crippen LogP contribution >= 0.6 is 30.9 Å². The van der Waals surface area contributed by atoms with Gasteiger partial charge in [-0.1, -0.05) is 0 Å². The van der Waals surface area contributed by atoms with Gasteiger partial charge < -0.3 is 15.0 Å². The van der Waals surface area contributed by atoms with Crippen molar-refractivity contribution in [2.45, 2.75) is 12.3 Å². The van der Waals surface area contributed by atoms with Crippen LogP contribution in [0.3, 0.4) is 0 Å². The van der Waals surface area contributed by atoms with E-state index < -0.39 is 26.0 Å². The molecule has 0 radical (unpaired) electrons. The van der Waals surface area contributed by atoms with Crippen LogP contribution in [0.25, 0.3) is 0 Å². The predicted molar refractivity (Wildman–Crippen MR) is 77.5 cm³/mol. The van der Waals surface area contributed by atoms with E-state index in [9.17, 15) is 14.6 Å². The summed E-state index contributed by atoms with van der Waals surface area (Å²) in [5.74, 6) is 0.423. The minimum absolute atomic E-state index is 0.100. The highest BCUT2D eigenvalue weighted by atomic mass is 35.5. The molecule has 0 aromatic carbocycles. The Morgan fingerprint density at radius 1 is 1.52 bits per heavy atom. The molecule has 21 heavy (non-hydrogen) atoms. The van der Waals surface area contributed by atoms with Gasteiger partial charge in [0.15, 0.2) is 0 Å². The molecular weight excluding hydrogens is 346 g/mol. The zero-order valence-corrected chi connectivity index (χ0v) is 13.9. The summed E-state index contributed by atoms with van der Waals surface area (Å²) in [4.78, 5) is 11.1. The topological polar surface area (TPSA) is 117 Å². The molecule has 1 aliphatic rings. The molecule has 0 aromatic heterocycles. The van der Waals surface area contributed by atoms with E-state index in [-0.39, 0.29) is 36.5 Å². The van der Waals surface area contributed by atoms with Crippen LogP contribution in [-0.2, 0) is 13.8 Å². The normalized spacial score (nSPS) is 29.6. The van der Waals surface area contributed by atoms with Crippen LogP contribution in [0.2, 0.25) is 0 Å². The number of halogens is 2. The van der Waals surface area contributed by atoms with Gasteiger partial charge in [-0.25, -0.2) is 14.6 Å². The number of hydrogen-bond acceptors (Lipinski definition) is 5. The highest BCUT2D eigenvalue weighted by Gasteiger charge is 2.45. The SMILES string of the molecule is COC1COP(=O)(N(CCCl)CCCl)NC1N(O)C(N)=O. The number of ether oxygens (including phenoxy) is 1. The molecule has 1 saturated heterocycles. The fraction of sp³-hybridized carbons (Fsp3) is 0.889. The molecule has 9 nitrogen and oxygen atoms in total. The minimum atomic E-state index is -3.53. The van der Waals surface area contributed by atoms with Gasteiger partial charge in [0.2, 0.25) is 0 Å². The second-order valence-electron chi connectivity index (χ2n) is 4.18. The maximum Gasteiger partial charge on any atom is 0.345 e. The standard InChI is InChI=1S/C9H19Cl2N4O5P/c1-19-7-6-20-21(18,14(4-2-10)5-3-11)13-8(7)15(17)9(12)16/h7-8,17H,2-6H2,1H3,(H2,12,16)(H,13,18). The van der Waals surface area contributed by atoms with E-state index in [0.717, 1.165) is 0 Å². The molecule has 4 N–H and O–H groups in total. The molecule has 0 aromatic rings. The first kappa shape index (κ1) is 18.9.